The topological polar surface area (TPSA) is 64.0 Å². The van der Waals surface area contributed by atoms with Crippen LogP contribution in [0.3, 0.4) is 0 Å². The largest absolute Gasteiger partial charge is 0.324 e. The molecule has 1 N–H and O–H groups in total. The molecule has 6 heteroatoms. The van der Waals surface area contributed by atoms with Crippen LogP contribution in [-0.4, -0.2) is 15.5 Å². The molecule has 2 heterocycles. The number of aromatic nitrogens is 2. The van der Waals surface area contributed by atoms with E-state index in [1.165, 1.54) is 15.8 Å². The van der Waals surface area contributed by atoms with Crippen LogP contribution in [0, 0.1) is 11.3 Å². The van der Waals surface area contributed by atoms with Crippen molar-refractivity contribution >= 4 is 33.1 Å². The third kappa shape index (κ3) is 3.93. The van der Waals surface area contributed by atoms with Crippen molar-refractivity contribution in [2.24, 2.45) is 11.3 Å². The summed E-state index contributed by atoms with van der Waals surface area (Å²) < 4.78 is 1.44. The molecular formula is C24H29N3O2S. The van der Waals surface area contributed by atoms with Gasteiger partial charge in [-0.3, -0.25) is 14.2 Å². The maximum atomic E-state index is 13.2. The Morgan fingerprint density at radius 2 is 2.07 bits per heavy atom. The van der Waals surface area contributed by atoms with Gasteiger partial charge in [0.2, 0.25) is 5.91 Å². The average Bonchev–Trinajstić information content (AvgIpc) is 3.08. The zero-order valence-electron chi connectivity index (χ0n) is 18.1. The summed E-state index contributed by atoms with van der Waals surface area (Å²) in [4.78, 5) is 32.4. The zero-order valence-corrected chi connectivity index (χ0v) is 18.9. The second kappa shape index (κ2) is 7.99. The van der Waals surface area contributed by atoms with Gasteiger partial charge in [-0.25, -0.2) is 4.98 Å². The number of nitrogens with one attached hydrogen (secondary N) is 1. The van der Waals surface area contributed by atoms with Crippen LogP contribution in [0.25, 0.3) is 10.2 Å². The van der Waals surface area contributed by atoms with E-state index in [2.05, 4.69) is 38.0 Å². The maximum absolute atomic E-state index is 13.2. The van der Waals surface area contributed by atoms with Crippen molar-refractivity contribution in [1.82, 2.24) is 9.55 Å². The van der Waals surface area contributed by atoms with Crippen LogP contribution in [0.1, 0.15) is 50.1 Å². The Balaban J connectivity index is 1.60. The van der Waals surface area contributed by atoms with Crippen LogP contribution in [0.2, 0.25) is 0 Å². The van der Waals surface area contributed by atoms with Gasteiger partial charge >= 0.3 is 0 Å². The van der Waals surface area contributed by atoms with Crippen LogP contribution in [0.4, 0.5) is 5.69 Å². The highest BCUT2D eigenvalue weighted by Gasteiger charge is 2.31. The molecule has 0 spiro atoms. The minimum Gasteiger partial charge on any atom is -0.324 e. The van der Waals surface area contributed by atoms with E-state index in [1.54, 1.807) is 11.3 Å². The number of benzene rings is 1. The number of amides is 1. The summed E-state index contributed by atoms with van der Waals surface area (Å²) in [5.41, 5.74) is 3.18. The molecule has 158 valence electrons. The first kappa shape index (κ1) is 20.8. The highest BCUT2D eigenvalue weighted by Crippen LogP contribution is 2.41. The molecule has 0 fully saturated rings. The van der Waals surface area contributed by atoms with Gasteiger partial charge < -0.3 is 5.32 Å². The monoisotopic (exact) mass is 423 g/mol. The lowest BCUT2D eigenvalue weighted by Crippen LogP contribution is -2.29. The molecule has 5 nitrogen and oxygen atoms in total. The fourth-order valence-corrected chi connectivity index (χ4v) is 5.61. The summed E-state index contributed by atoms with van der Waals surface area (Å²) in [6.45, 7) is 8.88. The first-order valence-corrected chi connectivity index (χ1v) is 11.5. The second-order valence-electron chi connectivity index (χ2n) is 9.23. The van der Waals surface area contributed by atoms with E-state index in [-0.39, 0.29) is 23.4 Å². The van der Waals surface area contributed by atoms with Crippen LogP contribution in [-0.2, 0) is 30.6 Å². The van der Waals surface area contributed by atoms with E-state index >= 15 is 0 Å². The summed E-state index contributed by atoms with van der Waals surface area (Å²) in [7, 11) is 0. The van der Waals surface area contributed by atoms with E-state index in [9.17, 15) is 9.59 Å². The number of carbonyl (C=O) groups is 1. The molecule has 0 aliphatic heterocycles. The number of aryl methyl sites for hydroxylation is 2. The van der Waals surface area contributed by atoms with Crippen LogP contribution < -0.4 is 10.9 Å². The quantitative estimate of drug-likeness (QED) is 0.655. The number of rotatable bonds is 4. The SMILES string of the molecule is CCc1ccccc1NC(=O)Cn1cnc2sc3c(c2c1=O)CC[C@@H](C(C)(C)C)C3. The van der Waals surface area contributed by atoms with Gasteiger partial charge in [0.1, 0.15) is 11.4 Å². The molecule has 4 rings (SSSR count). The number of fused-ring (bicyclic) bond motifs is 3. The summed E-state index contributed by atoms with van der Waals surface area (Å²) in [6.07, 6.45) is 5.35. The van der Waals surface area contributed by atoms with E-state index in [4.69, 9.17) is 0 Å². The first-order chi connectivity index (χ1) is 14.3. The van der Waals surface area contributed by atoms with Gasteiger partial charge in [0.25, 0.3) is 5.56 Å². The number of anilines is 1. The van der Waals surface area contributed by atoms with Gasteiger partial charge in [-0.15, -0.1) is 11.3 Å². The summed E-state index contributed by atoms with van der Waals surface area (Å²) in [5, 5.41) is 3.65. The summed E-state index contributed by atoms with van der Waals surface area (Å²) in [5.74, 6) is 0.403. The van der Waals surface area contributed by atoms with E-state index in [0.29, 0.717) is 11.3 Å². The highest BCUT2D eigenvalue weighted by molar-refractivity contribution is 7.18. The van der Waals surface area contributed by atoms with Gasteiger partial charge in [0.05, 0.1) is 11.7 Å². The minimum atomic E-state index is -0.212. The van der Waals surface area contributed by atoms with Gasteiger partial charge in [-0.2, -0.15) is 0 Å². The molecule has 0 radical (unpaired) electrons. The Morgan fingerprint density at radius 3 is 2.80 bits per heavy atom. The zero-order chi connectivity index (χ0) is 21.5. The predicted molar refractivity (Wildman–Crippen MR) is 123 cm³/mol. The average molecular weight is 424 g/mol. The molecule has 0 unspecified atom stereocenters. The fourth-order valence-electron chi connectivity index (χ4n) is 4.35. The van der Waals surface area contributed by atoms with Gasteiger partial charge in [0.15, 0.2) is 0 Å². The molecule has 0 saturated carbocycles. The molecule has 0 bridgehead atoms. The fraction of sp³-hybridized carbons (Fsp3) is 0.458. The lowest BCUT2D eigenvalue weighted by molar-refractivity contribution is -0.116. The lowest BCUT2D eigenvalue weighted by atomic mass is 9.72. The molecule has 1 aliphatic carbocycles. The van der Waals surface area contributed by atoms with Gasteiger partial charge in [0, 0.05) is 10.6 Å². The normalized spacial score (nSPS) is 16.5. The molecule has 3 aromatic rings. The molecule has 1 aliphatic rings. The second-order valence-corrected chi connectivity index (χ2v) is 10.3. The smallest absolute Gasteiger partial charge is 0.262 e. The molecule has 1 atom stereocenters. The number of hydrogen-bond acceptors (Lipinski definition) is 4. The van der Waals surface area contributed by atoms with Crippen LogP contribution in [0.5, 0.6) is 0 Å². The standard InChI is InChI=1S/C24H29N3O2S/c1-5-15-8-6-7-9-18(15)26-20(28)13-27-14-25-22-21(23(27)29)17-11-10-16(24(2,3)4)12-19(17)30-22/h6-9,14,16H,5,10-13H2,1-4H3,(H,26,28)/t16-/m1/s1. The Kier molecular flexibility index (Phi) is 5.53. The van der Waals surface area contributed by atoms with Crippen molar-refractivity contribution in [3.8, 4) is 0 Å². The third-order valence-corrected chi connectivity index (χ3v) is 7.41. The molecule has 1 aromatic carbocycles. The number of carbonyl (C=O) groups excluding carboxylic acids is 1. The number of thiophene rings is 1. The first-order valence-electron chi connectivity index (χ1n) is 10.7. The van der Waals surface area contributed by atoms with Crippen molar-refractivity contribution in [3.05, 3.63) is 57.0 Å². The van der Waals surface area contributed by atoms with Crippen molar-refractivity contribution in [2.45, 2.75) is 59.9 Å². The van der Waals surface area contributed by atoms with Crippen molar-refractivity contribution in [2.75, 3.05) is 5.32 Å². The molecule has 2 aromatic heterocycles. The van der Waals surface area contributed by atoms with Crippen LogP contribution >= 0.6 is 11.3 Å². The van der Waals surface area contributed by atoms with E-state index < -0.39 is 0 Å². The summed E-state index contributed by atoms with van der Waals surface area (Å²) >= 11 is 1.64. The van der Waals surface area contributed by atoms with Crippen LogP contribution in [0.15, 0.2) is 35.4 Å². The molecule has 0 saturated heterocycles. The Hall–Kier alpha value is -2.47. The lowest BCUT2D eigenvalue weighted by Gasteiger charge is -2.33. The van der Waals surface area contributed by atoms with Crippen molar-refractivity contribution in [1.29, 1.82) is 0 Å². The Morgan fingerprint density at radius 1 is 1.30 bits per heavy atom. The molecule has 1 amide bonds. The number of nitrogens with zero attached hydrogens (tertiary/aromatic N) is 2. The van der Waals surface area contributed by atoms with E-state index in [0.717, 1.165) is 47.3 Å². The highest BCUT2D eigenvalue weighted by atomic mass is 32.1. The molecular weight excluding hydrogens is 394 g/mol. The Bertz CT molecular complexity index is 1150. The maximum Gasteiger partial charge on any atom is 0.262 e. The number of para-hydroxylation sites is 1. The van der Waals surface area contributed by atoms with Gasteiger partial charge in [-0.05, 0) is 54.2 Å². The third-order valence-electron chi connectivity index (χ3n) is 6.25. The van der Waals surface area contributed by atoms with Gasteiger partial charge in [-0.1, -0.05) is 45.9 Å². The predicted octanol–water partition coefficient (Wildman–Crippen LogP) is 4.81. The van der Waals surface area contributed by atoms with Crippen molar-refractivity contribution in [3.63, 3.8) is 0 Å². The number of hydrogen-bond donors (Lipinski definition) is 1. The summed E-state index contributed by atoms with van der Waals surface area (Å²) in [6, 6.07) is 7.75. The molecule has 30 heavy (non-hydrogen) atoms. The van der Waals surface area contributed by atoms with E-state index in [1.807, 2.05) is 24.3 Å². The minimum absolute atomic E-state index is 0.0327. The van der Waals surface area contributed by atoms with Crippen molar-refractivity contribution < 1.29 is 4.79 Å². The Labute approximate surface area is 181 Å².